The second-order valence-corrected chi connectivity index (χ2v) is 6.50. The van der Waals surface area contributed by atoms with E-state index in [9.17, 15) is 20.4 Å². The molecule has 0 unspecified atom stereocenters. The Balaban J connectivity index is 2.15. The molecule has 2 heterocycles. The zero-order valence-corrected chi connectivity index (χ0v) is 16.5. The molecule has 0 aliphatic heterocycles. The largest absolute Gasteiger partial charge is 0.509 e. The summed E-state index contributed by atoms with van der Waals surface area (Å²) in [7, 11) is 1.75. The molecule has 0 amide bonds. The van der Waals surface area contributed by atoms with E-state index >= 15 is 0 Å². The molecular weight excluding hydrogens is 368 g/mol. The molecule has 3 aromatic rings. The van der Waals surface area contributed by atoms with Gasteiger partial charge in [0, 0.05) is 7.05 Å². The van der Waals surface area contributed by atoms with E-state index in [0.29, 0.717) is 35.4 Å². The van der Waals surface area contributed by atoms with E-state index in [4.69, 9.17) is 0 Å². The Hall–Kier alpha value is -3.91. The maximum Gasteiger partial charge on any atom is 0.285 e. The molecule has 0 aliphatic rings. The van der Waals surface area contributed by atoms with Crippen LogP contribution in [-0.4, -0.2) is 24.4 Å². The molecule has 0 atom stereocenters. The summed E-state index contributed by atoms with van der Waals surface area (Å²) in [6, 6.07) is 11.3. The molecule has 0 saturated carbocycles. The predicted octanol–water partition coefficient (Wildman–Crippen LogP) is 2.62. The van der Waals surface area contributed by atoms with Gasteiger partial charge in [0.15, 0.2) is 5.82 Å². The fourth-order valence-electron chi connectivity index (χ4n) is 3.37. The molecule has 2 aromatic heterocycles. The second kappa shape index (κ2) is 7.99. The van der Waals surface area contributed by atoms with Crippen LogP contribution >= 0.6 is 0 Å². The monoisotopic (exact) mass is 388 g/mol. The van der Waals surface area contributed by atoms with E-state index in [1.807, 2.05) is 50.3 Å². The average Bonchev–Trinajstić information content (AvgIpc) is 3.06. The Labute approximate surface area is 167 Å². The Kier molecular flexibility index (Phi) is 5.47. The van der Waals surface area contributed by atoms with E-state index in [-0.39, 0.29) is 23.4 Å². The van der Waals surface area contributed by atoms with Crippen molar-refractivity contribution in [3.63, 3.8) is 0 Å². The van der Waals surface area contributed by atoms with Crippen LogP contribution in [-0.2, 0) is 26.4 Å². The summed E-state index contributed by atoms with van der Waals surface area (Å²) >= 11 is 0. The highest BCUT2D eigenvalue weighted by atomic mass is 16.3. The summed E-state index contributed by atoms with van der Waals surface area (Å²) in [5, 5.41) is 34.0. The Morgan fingerprint density at radius 2 is 1.93 bits per heavy atom. The van der Waals surface area contributed by atoms with Gasteiger partial charge in [-0.3, -0.25) is 4.79 Å². The van der Waals surface area contributed by atoms with Crippen molar-refractivity contribution in [2.24, 2.45) is 7.05 Å². The molecule has 29 heavy (non-hydrogen) atoms. The van der Waals surface area contributed by atoms with Crippen molar-refractivity contribution in [3.05, 3.63) is 63.0 Å². The standard InChI is InChI=1S/C21H20N6O2/c1-4-13-14(10-22)21(29)27(25-16(13)5-2)12-19(28)15(11-23)20-24-17-8-6-7-9-18(17)26(20)3/h6-9,28H,4-5,12H2,1-3H3/b19-15+. The highest BCUT2D eigenvalue weighted by Crippen LogP contribution is 2.22. The summed E-state index contributed by atoms with van der Waals surface area (Å²) in [6.07, 6.45) is 1.05. The summed E-state index contributed by atoms with van der Waals surface area (Å²) in [5.74, 6) is -0.0450. The lowest BCUT2D eigenvalue weighted by molar-refractivity contribution is 0.364. The summed E-state index contributed by atoms with van der Waals surface area (Å²) in [4.78, 5) is 17.1. The van der Waals surface area contributed by atoms with Gasteiger partial charge in [0.05, 0.1) is 16.7 Å². The van der Waals surface area contributed by atoms with Crippen molar-refractivity contribution < 1.29 is 5.11 Å². The van der Waals surface area contributed by atoms with Crippen LogP contribution in [0.25, 0.3) is 16.6 Å². The lowest BCUT2D eigenvalue weighted by Gasteiger charge is -2.12. The van der Waals surface area contributed by atoms with Crippen LogP contribution in [0.1, 0.15) is 36.5 Å². The van der Waals surface area contributed by atoms with Crippen molar-refractivity contribution in [2.45, 2.75) is 33.2 Å². The molecule has 3 rings (SSSR count). The maximum absolute atomic E-state index is 12.7. The molecule has 1 aromatic carbocycles. The summed E-state index contributed by atoms with van der Waals surface area (Å²) in [6.45, 7) is 3.42. The molecule has 8 heteroatoms. The number of hydrogen-bond donors (Lipinski definition) is 1. The van der Waals surface area contributed by atoms with Crippen LogP contribution in [0, 0.1) is 22.7 Å². The fourth-order valence-corrected chi connectivity index (χ4v) is 3.37. The van der Waals surface area contributed by atoms with E-state index < -0.39 is 5.56 Å². The first kappa shape index (κ1) is 19.8. The number of allylic oxidation sites excluding steroid dienone is 2. The van der Waals surface area contributed by atoms with Crippen molar-refractivity contribution in [1.29, 1.82) is 10.5 Å². The number of aliphatic hydroxyl groups excluding tert-OH is 1. The minimum Gasteiger partial charge on any atom is -0.509 e. The van der Waals surface area contributed by atoms with Gasteiger partial charge in [0.25, 0.3) is 5.56 Å². The van der Waals surface area contributed by atoms with Gasteiger partial charge in [-0.2, -0.15) is 15.6 Å². The van der Waals surface area contributed by atoms with Crippen LogP contribution in [0.3, 0.4) is 0 Å². The Morgan fingerprint density at radius 1 is 1.21 bits per heavy atom. The number of nitriles is 2. The first-order valence-electron chi connectivity index (χ1n) is 9.23. The molecule has 0 spiro atoms. The number of imidazole rings is 1. The zero-order valence-electron chi connectivity index (χ0n) is 16.5. The molecule has 0 bridgehead atoms. The van der Waals surface area contributed by atoms with Crippen molar-refractivity contribution in [3.8, 4) is 12.1 Å². The van der Waals surface area contributed by atoms with Crippen molar-refractivity contribution in [2.75, 3.05) is 0 Å². The predicted molar refractivity (Wildman–Crippen MR) is 108 cm³/mol. The van der Waals surface area contributed by atoms with Gasteiger partial charge in [-0.05, 0) is 30.5 Å². The van der Waals surface area contributed by atoms with Gasteiger partial charge in [0.1, 0.15) is 35.6 Å². The summed E-state index contributed by atoms with van der Waals surface area (Å²) in [5.41, 5.74) is 2.13. The zero-order chi connectivity index (χ0) is 21.1. The molecule has 0 saturated heterocycles. The van der Waals surface area contributed by atoms with Gasteiger partial charge in [-0.25, -0.2) is 9.67 Å². The number of hydrogen-bond acceptors (Lipinski definition) is 6. The van der Waals surface area contributed by atoms with Crippen LogP contribution in [0.4, 0.5) is 0 Å². The topological polar surface area (TPSA) is 121 Å². The molecule has 0 aliphatic carbocycles. The Morgan fingerprint density at radius 3 is 2.52 bits per heavy atom. The lowest BCUT2D eigenvalue weighted by atomic mass is 10.0. The van der Waals surface area contributed by atoms with Gasteiger partial charge >= 0.3 is 0 Å². The second-order valence-electron chi connectivity index (χ2n) is 6.50. The number of aromatic nitrogens is 4. The van der Waals surface area contributed by atoms with E-state index in [0.717, 1.165) is 10.2 Å². The minimum atomic E-state index is -0.588. The van der Waals surface area contributed by atoms with E-state index in [1.54, 1.807) is 11.6 Å². The van der Waals surface area contributed by atoms with Gasteiger partial charge in [0.2, 0.25) is 0 Å². The number of fused-ring (bicyclic) bond motifs is 1. The van der Waals surface area contributed by atoms with Crippen molar-refractivity contribution >= 4 is 16.6 Å². The minimum absolute atomic E-state index is 0.0217. The van der Waals surface area contributed by atoms with E-state index in [1.165, 1.54) is 0 Å². The number of rotatable bonds is 5. The number of benzene rings is 1. The highest BCUT2D eigenvalue weighted by molar-refractivity contribution is 5.83. The third-order valence-electron chi connectivity index (χ3n) is 4.85. The molecule has 8 nitrogen and oxygen atoms in total. The molecule has 146 valence electrons. The third kappa shape index (κ3) is 3.37. The molecule has 0 fully saturated rings. The molecule has 0 radical (unpaired) electrons. The van der Waals surface area contributed by atoms with Crippen LogP contribution in [0.15, 0.2) is 34.8 Å². The average molecular weight is 388 g/mol. The smallest absolute Gasteiger partial charge is 0.285 e. The number of nitrogens with zero attached hydrogens (tertiary/aromatic N) is 6. The van der Waals surface area contributed by atoms with Gasteiger partial charge in [-0.1, -0.05) is 26.0 Å². The normalized spacial score (nSPS) is 11.8. The van der Waals surface area contributed by atoms with Crippen molar-refractivity contribution in [1.82, 2.24) is 19.3 Å². The number of aryl methyl sites for hydroxylation is 2. The number of aliphatic hydroxyl groups is 1. The SMILES string of the molecule is CCc1nn(C/C(O)=C(/C#N)c2nc3ccccc3n2C)c(=O)c(C#N)c1CC. The number of para-hydroxylation sites is 2. The van der Waals surface area contributed by atoms with Crippen LogP contribution in [0.5, 0.6) is 0 Å². The highest BCUT2D eigenvalue weighted by Gasteiger charge is 2.20. The van der Waals surface area contributed by atoms with Crippen LogP contribution < -0.4 is 5.56 Å². The van der Waals surface area contributed by atoms with E-state index in [2.05, 4.69) is 10.1 Å². The van der Waals surface area contributed by atoms with Gasteiger partial charge < -0.3 is 9.67 Å². The van der Waals surface area contributed by atoms with Crippen LogP contribution in [0.2, 0.25) is 0 Å². The fraction of sp³-hybridized carbons (Fsp3) is 0.286. The molecular formula is C21H20N6O2. The Bertz CT molecular complexity index is 1270. The summed E-state index contributed by atoms with van der Waals surface area (Å²) < 4.78 is 2.74. The maximum atomic E-state index is 12.7. The third-order valence-corrected chi connectivity index (χ3v) is 4.85. The lowest BCUT2D eigenvalue weighted by Crippen LogP contribution is -2.29. The van der Waals surface area contributed by atoms with Gasteiger partial charge in [-0.15, -0.1) is 0 Å². The first-order valence-corrected chi connectivity index (χ1v) is 9.23. The molecule has 1 N–H and O–H groups in total. The quantitative estimate of drug-likeness (QED) is 0.530. The first-order chi connectivity index (χ1) is 14.0.